The zero-order valence-electron chi connectivity index (χ0n) is 9.26. The third-order valence-corrected chi connectivity index (χ3v) is 3.72. The molecule has 1 aromatic carbocycles. The molecular formula is C12H13BrFNO. The summed E-state index contributed by atoms with van der Waals surface area (Å²) in [5, 5.41) is 0. The van der Waals surface area contributed by atoms with Gasteiger partial charge in [-0.2, -0.15) is 0 Å². The van der Waals surface area contributed by atoms with Crippen LogP contribution in [0.1, 0.15) is 17.5 Å². The average molecular weight is 286 g/mol. The number of nitrogens with zero attached hydrogens (tertiary/aromatic N) is 1. The van der Waals surface area contributed by atoms with Crippen LogP contribution in [0.5, 0.6) is 0 Å². The number of carbonyl (C=O) groups excluding carboxylic acids is 1. The van der Waals surface area contributed by atoms with Crippen molar-refractivity contribution in [3.63, 3.8) is 0 Å². The summed E-state index contributed by atoms with van der Waals surface area (Å²) in [5.74, 6) is -0.129. The van der Waals surface area contributed by atoms with E-state index in [0.29, 0.717) is 17.7 Å². The number of halogens is 2. The van der Waals surface area contributed by atoms with E-state index in [9.17, 15) is 9.18 Å². The van der Waals surface area contributed by atoms with Crippen LogP contribution in [0.4, 0.5) is 10.1 Å². The summed E-state index contributed by atoms with van der Waals surface area (Å²) in [6.45, 7) is 4.13. The minimum atomic E-state index is -0.189. The summed E-state index contributed by atoms with van der Waals surface area (Å²) in [5.41, 5.74) is 1.96. The van der Waals surface area contributed by atoms with Gasteiger partial charge in [0.25, 0.3) is 0 Å². The van der Waals surface area contributed by atoms with Gasteiger partial charge in [-0.25, -0.2) is 4.39 Å². The molecule has 0 radical (unpaired) electrons. The fourth-order valence-electron chi connectivity index (χ4n) is 1.98. The molecule has 2 rings (SSSR count). The van der Waals surface area contributed by atoms with Crippen LogP contribution in [-0.2, 0) is 4.79 Å². The largest absolute Gasteiger partial charge is 0.311 e. The van der Waals surface area contributed by atoms with Gasteiger partial charge in [0.1, 0.15) is 5.82 Å². The molecule has 1 atom stereocenters. The molecule has 1 aromatic rings. The second-order valence-electron chi connectivity index (χ2n) is 4.14. The number of hydrogen-bond donors (Lipinski definition) is 0. The third kappa shape index (κ3) is 1.86. The fourth-order valence-corrected chi connectivity index (χ4v) is 2.43. The highest BCUT2D eigenvalue weighted by Crippen LogP contribution is 2.28. The Balaban J connectivity index is 2.39. The minimum absolute atomic E-state index is 0.0606. The topological polar surface area (TPSA) is 20.3 Å². The second kappa shape index (κ2) is 4.17. The van der Waals surface area contributed by atoms with Gasteiger partial charge in [-0.15, -0.1) is 0 Å². The molecule has 16 heavy (non-hydrogen) atoms. The highest BCUT2D eigenvalue weighted by atomic mass is 79.9. The van der Waals surface area contributed by atoms with Crippen molar-refractivity contribution in [2.45, 2.75) is 25.1 Å². The number of alkyl halides is 1. The van der Waals surface area contributed by atoms with E-state index in [2.05, 4.69) is 15.9 Å². The highest BCUT2D eigenvalue weighted by Gasteiger charge is 2.30. The van der Waals surface area contributed by atoms with Crippen LogP contribution in [0.25, 0.3) is 0 Å². The van der Waals surface area contributed by atoms with Crippen molar-refractivity contribution in [1.29, 1.82) is 0 Å². The lowest BCUT2D eigenvalue weighted by Gasteiger charge is -2.17. The Morgan fingerprint density at radius 2 is 1.94 bits per heavy atom. The van der Waals surface area contributed by atoms with Gasteiger partial charge in [0.15, 0.2) is 0 Å². The Labute approximate surface area is 103 Å². The zero-order chi connectivity index (χ0) is 11.9. The van der Waals surface area contributed by atoms with Crippen molar-refractivity contribution < 1.29 is 9.18 Å². The van der Waals surface area contributed by atoms with Crippen molar-refractivity contribution >= 4 is 27.5 Å². The number of hydrogen-bond acceptors (Lipinski definition) is 1. The summed E-state index contributed by atoms with van der Waals surface area (Å²) >= 11 is 3.33. The SMILES string of the molecule is Cc1cc(N2CCC(Br)C2=O)cc(C)c1F. The number of benzene rings is 1. The maximum absolute atomic E-state index is 13.5. The Morgan fingerprint density at radius 1 is 1.38 bits per heavy atom. The molecule has 4 heteroatoms. The Kier molecular flexibility index (Phi) is 3.02. The van der Waals surface area contributed by atoms with Crippen LogP contribution in [0, 0.1) is 19.7 Å². The van der Waals surface area contributed by atoms with Gasteiger partial charge in [-0.1, -0.05) is 15.9 Å². The van der Waals surface area contributed by atoms with E-state index < -0.39 is 0 Å². The Morgan fingerprint density at radius 3 is 2.38 bits per heavy atom. The standard InChI is InChI=1S/C12H13BrFNO/c1-7-5-9(6-8(2)11(7)14)15-4-3-10(13)12(15)16/h5-6,10H,3-4H2,1-2H3. The van der Waals surface area contributed by atoms with E-state index in [1.54, 1.807) is 30.9 Å². The van der Waals surface area contributed by atoms with Crippen molar-refractivity contribution in [3.05, 3.63) is 29.1 Å². The van der Waals surface area contributed by atoms with Crippen LogP contribution in [-0.4, -0.2) is 17.3 Å². The summed E-state index contributed by atoms with van der Waals surface area (Å²) in [6, 6.07) is 3.45. The van der Waals surface area contributed by atoms with Crippen molar-refractivity contribution in [3.8, 4) is 0 Å². The highest BCUT2D eigenvalue weighted by molar-refractivity contribution is 9.10. The predicted octanol–water partition coefficient (Wildman–Crippen LogP) is 2.94. The van der Waals surface area contributed by atoms with Crippen molar-refractivity contribution in [1.82, 2.24) is 0 Å². The first-order valence-corrected chi connectivity index (χ1v) is 6.14. The first-order chi connectivity index (χ1) is 7.50. The second-order valence-corrected chi connectivity index (χ2v) is 5.24. The monoisotopic (exact) mass is 285 g/mol. The number of amides is 1. The first-order valence-electron chi connectivity index (χ1n) is 5.23. The first kappa shape index (κ1) is 11.6. The lowest BCUT2D eigenvalue weighted by Crippen LogP contribution is -2.27. The molecule has 1 saturated heterocycles. The number of carbonyl (C=O) groups is 1. The van der Waals surface area contributed by atoms with Gasteiger partial charge < -0.3 is 4.90 Å². The Hall–Kier alpha value is -0.900. The lowest BCUT2D eigenvalue weighted by molar-refractivity contribution is -0.116. The molecule has 1 aliphatic heterocycles. The molecule has 0 bridgehead atoms. The van der Waals surface area contributed by atoms with Gasteiger partial charge >= 0.3 is 0 Å². The molecule has 2 nitrogen and oxygen atoms in total. The van der Waals surface area contributed by atoms with Crippen LogP contribution >= 0.6 is 15.9 Å². The van der Waals surface area contributed by atoms with Crippen molar-refractivity contribution in [2.75, 3.05) is 11.4 Å². The van der Waals surface area contributed by atoms with E-state index >= 15 is 0 Å². The lowest BCUT2D eigenvalue weighted by atomic mass is 10.1. The molecule has 0 aliphatic carbocycles. The quantitative estimate of drug-likeness (QED) is 0.727. The fraction of sp³-hybridized carbons (Fsp3) is 0.417. The maximum atomic E-state index is 13.5. The molecule has 0 spiro atoms. The molecule has 1 heterocycles. The normalized spacial score (nSPS) is 20.6. The van der Waals surface area contributed by atoms with E-state index in [1.807, 2.05) is 0 Å². The van der Waals surface area contributed by atoms with E-state index in [-0.39, 0.29) is 16.6 Å². The number of aryl methyl sites for hydroxylation is 2. The van der Waals surface area contributed by atoms with Gasteiger partial charge in [0.2, 0.25) is 5.91 Å². The van der Waals surface area contributed by atoms with E-state index in [1.165, 1.54) is 0 Å². The third-order valence-electron chi connectivity index (χ3n) is 2.87. The molecule has 0 saturated carbocycles. The predicted molar refractivity (Wildman–Crippen MR) is 65.6 cm³/mol. The zero-order valence-corrected chi connectivity index (χ0v) is 10.8. The minimum Gasteiger partial charge on any atom is -0.311 e. The summed E-state index contributed by atoms with van der Waals surface area (Å²) in [4.78, 5) is 13.4. The Bertz CT molecular complexity index is 424. The molecule has 0 aromatic heterocycles. The summed E-state index contributed by atoms with van der Waals surface area (Å²) in [7, 11) is 0. The molecule has 1 unspecified atom stereocenters. The average Bonchev–Trinajstić information content (AvgIpc) is 2.56. The van der Waals surface area contributed by atoms with Crippen LogP contribution in [0.2, 0.25) is 0 Å². The van der Waals surface area contributed by atoms with Crippen LogP contribution in [0.15, 0.2) is 12.1 Å². The van der Waals surface area contributed by atoms with Crippen LogP contribution in [0.3, 0.4) is 0 Å². The van der Waals surface area contributed by atoms with Crippen molar-refractivity contribution in [2.24, 2.45) is 0 Å². The maximum Gasteiger partial charge on any atom is 0.240 e. The number of rotatable bonds is 1. The van der Waals surface area contributed by atoms with Gasteiger partial charge in [0.05, 0.1) is 4.83 Å². The summed E-state index contributed by atoms with van der Waals surface area (Å²) in [6.07, 6.45) is 0.800. The van der Waals surface area contributed by atoms with Gasteiger partial charge in [-0.3, -0.25) is 4.79 Å². The molecule has 1 amide bonds. The van der Waals surface area contributed by atoms with E-state index in [4.69, 9.17) is 0 Å². The number of anilines is 1. The van der Waals surface area contributed by atoms with Gasteiger partial charge in [-0.05, 0) is 43.5 Å². The smallest absolute Gasteiger partial charge is 0.240 e. The molecule has 0 N–H and O–H groups in total. The molecule has 1 fully saturated rings. The van der Waals surface area contributed by atoms with Gasteiger partial charge in [0, 0.05) is 12.2 Å². The van der Waals surface area contributed by atoms with Crippen LogP contribution < -0.4 is 4.90 Å². The molecule has 1 aliphatic rings. The molecule has 86 valence electrons. The van der Waals surface area contributed by atoms with E-state index in [0.717, 1.165) is 12.1 Å². The summed E-state index contributed by atoms with van der Waals surface area (Å²) < 4.78 is 13.5. The molecular weight excluding hydrogens is 273 g/mol.